The number of ether oxygens (including phenoxy) is 2. The van der Waals surface area contributed by atoms with E-state index in [0.717, 1.165) is 0 Å². The first-order valence-corrected chi connectivity index (χ1v) is 4.71. The summed E-state index contributed by atoms with van der Waals surface area (Å²) in [6.07, 6.45) is -3.02. The third-order valence-corrected chi connectivity index (χ3v) is 2.43. The van der Waals surface area contributed by atoms with E-state index in [1.807, 2.05) is 0 Å². The molecule has 0 N–H and O–H groups in total. The average Bonchev–Trinajstić information content (AvgIpc) is 2.18. The van der Waals surface area contributed by atoms with E-state index in [4.69, 9.17) is 4.74 Å². The maximum Gasteiger partial charge on any atom is 0.438 e. The van der Waals surface area contributed by atoms with Crippen LogP contribution in [0.1, 0.15) is 24.2 Å². The van der Waals surface area contributed by atoms with Crippen LogP contribution in [0.2, 0.25) is 0 Å². The molecule has 0 bridgehead atoms. The lowest BCUT2D eigenvalue weighted by Crippen LogP contribution is -2.54. The van der Waals surface area contributed by atoms with Crippen LogP contribution >= 0.6 is 0 Å². The monoisotopic (exact) mass is 228 g/mol. The zero-order valence-corrected chi connectivity index (χ0v) is 8.79. The number of aldehydes is 1. The van der Waals surface area contributed by atoms with Gasteiger partial charge in [0.15, 0.2) is 17.8 Å². The molecule has 3 nitrogen and oxygen atoms in total. The summed E-state index contributed by atoms with van der Waals surface area (Å²) in [5.74, 6) is -0.0534. The van der Waals surface area contributed by atoms with Crippen LogP contribution in [-0.4, -0.2) is 18.0 Å². The van der Waals surface area contributed by atoms with Gasteiger partial charge in [0.25, 0.3) is 0 Å². The number of fused-ring (bicyclic) bond motifs is 1. The first kappa shape index (κ1) is 10.9. The van der Waals surface area contributed by atoms with Crippen LogP contribution in [0.4, 0.5) is 8.78 Å². The molecule has 1 aliphatic heterocycles. The molecule has 5 heteroatoms. The van der Waals surface area contributed by atoms with E-state index in [2.05, 4.69) is 4.74 Å². The highest BCUT2D eigenvalue weighted by molar-refractivity contribution is 5.81. The second-order valence-electron chi connectivity index (χ2n) is 4.02. The Morgan fingerprint density at radius 3 is 2.56 bits per heavy atom. The van der Waals surface area contributed by atoms with Crippen molar-refractivity contribution < 1.29 is 23.0 Å². The van der Waals surface area contributed by atoms with Crippen molar-refractivity contribution in [2.45, 2.75) is 25.6 Å². The molecule has 0 amide bonds. The van der Waals surface area contributed by atoms with E-state index < -0.39 is 11.7 Å². The Labute approximate surface area is 91.0 Å². The maximum absolute atomic E-state index is 13.5. The fourth-order valence-corrected chi connectivity index (χ4v) is 1.40. The molecule has 0 fully saturated rings. The van der Waals surface area contributed by atoms with E-state index in [1.54, 1.807) is 6.07 Å². The fraction of sp³-hybridized carbons (Fsp3) is 0.364. The van der Waals surface area contributed by atoms with Gasteiger partial charge in [0.05, 0.1) is 5.56 Å². The van der Waals surface area contributed by atoms with Gasteiger partial charge in [0.1, 0.15) is 0 Å². The fourth-order valence-electron chi connectivity index (χ4n) is 1.40. The van der Waals surface area contributed by atoms with Crippen molar-refractivity contribution in [3.8, 4) is 11.5 Å². The highest BCUT2D eigenvalue weighted by atomic mass is 19.3. The molecule has 0 saturated heterocycles. The molecule has 0 saturated carbocycles. The van der Waals surface area contributed by atoms with Gasteiger partial charge in [-0.25, -0.2) is 0 Å². The van der Waals surface area contributed by atoms with E-state index >= 15 is 0 Å². The minimum Gasteiger partial charge on any atom is -0.473 e. The molecule has 1 aromatic rings. The average molecular weight is 228 g/mol. The molecular weight excluding hydrogens is 218 g/mol. The molecule has 86 valence electrons. The molecule has 0 spiro atoms. The molecule has 1 aliphatic rings. The van der Waals surface area contributed by atoms with Crippen LogP contribution in [0.15, 0.2) is 18.2 Å². The summed E-state index contributed by atoms with van der Waals surface area (Å²) in [7, 11) is 0. The quantitative estimate of drug-likeness (QED) is 0.693. The smallest absolute Gasteiger partial charge is 0.438 e. The lowest BCUT2D eigenvalue weighted by atomic mass is 10.1. The molecule has 2 rings (SSSR count). The standard InChI is InChI=1S/C11H10F2O3/c1-10(2)11(12,13)16-9-7(6-14)4-3-5-8(9)15-10/h3-6H,1-2H3. The van der Waals surface area contributed by atoms with Crippen molar-refractivity contribution in [1.82, 2.24) is 0 Å². The lowest BCUT2D eigenvalue weighted by Gasteiger charge is -2.38. The first-order valence-electron chi connectivity index (χ1n) is 4.71. The van der Waals surface area contributed by atoms with Crippen LogP contribution in [0.25, 0.3) is 0 Å². The van der Waals surface area contributed by atoms with Gasteiger partial charge in [0.2, 0.25) is 5.60 Å². The van der Waals surface area contributed by atoms with Gasteiger partial charge in [-0.15, -0.1) is 0 Å². The Kier molecular flexibility index (Phi) is 2.15. The molecule has 16 heavy (non-hydrogen) atoms. The van der Waals surface area contributed by atoms with Crippen LogP contribution in [0, 0.1) is 0 Å². The zero-order chi connectivity index (χ0) is 12.0. The molecule has 0 aromatic heterocycles. The largest absolute Gasteiger partial charge is 0.473 e. The number of carbonyl (C=O) groups excluding carboxylic acids is 1. The minimum absolute atomic E-state index is 0.0488. The van der Waals surface area contributed by atoms with Crippen LogP contribution in [0.5, 0.6) is 11.5 Å². The Balaban J connectivity index is 2.55. The van der Waals surface area contributed by atoms with Crippen molar-refractivity contribution in [2.24, 2.45) is 0 Å². The first-order chi connectivity index (χ1) is 7.37. The van der Waals surface area contributed by atoms with Gasteiger partial charge < -0.3 is 9.47 Å². The van der Waals surface area contributed by atoms with Crippen LogP contribution in [0.3, 0.4) is 0 Å². The summed E-state index contributed by atoms with van der Waals surface area (Å²) in [6.45, 7) is 2.45. The Bertz CT molecular complexity index is 441. The summed E-state index contributed by atoms with van der Waals surface area (Å²) in [5, 5.41) is 0. The number of para-hydroxylation sites is 1. The molecule has 0 radical (unpaired) electrons. The van der Waals surface area contributed by atoms with E-state index in [0.29, 0.717) is 6.29 Å². The third kappa shape index (κ3) is 1.43. The van der Waals surface area contributed by atoms with Gasteiger partial charge in [-0.05, 0) is 26.0 Å². The van der Waals surface area contributed by atoms with E-state index in [1.165, 1.54) is 26.0 Å². The summed E-state index contributed by atoms with van der Waals surface area (Å²) in [6, 6.07) is 4.42. The summed E-state index contributed by atoms with van der Waals surface area (Å²) in [5.41, 5.74) is -1.71. The van der Waals surface area contributed by atoms with E-state index in [-0.39, 0.29) is 17.1 Å². The number of halogens is 2. The molecule has 0 aliphatic carbocycles. The molecule has 0 unspecified atom stereocenters. The summed E-state index contributed by atoms with van der Waals surface area (Å²) >= 11 is 0. The van der Waals surface area contributed by atoms with Crippen LogP contribution < -0.4 is 9.47 Å². The molecule has 1 heterocycles. The van der Waals surface area contributed by atoms with Crippen molar-refractivity contribution >= 4 is 6.29 Å². The maximum atomic E-state index is 13.5. The third-order valence-electron chi connectivity index (χ3n) is 2.43. The predicted octanol–water partition coefficient (Wildman–Crippen LogP) is 2.64. The topological polar surface area (TPSA) is 35.5 Å². The summed E-state index contributed by atoms with van der Waals surface area (Å²) < 4.78 is 36.7. The normalized spacial score (nSPS) is 20.2. The molecule has 0 atom stereocenters. The van der Waals surface area contributed by atoms with E-state index in [9.17, 15) is 13.6 Å². The van der Waals surface area contributed by atoms with Crippen molar-refractivity contribution in [1.29, 1.82) is 0 Å². The van der Waals surface area contributed by atoms with Crippen molar-refractivity contribution in [2.75, 3.05) is 0 Å². The van der Waals surface area contributed by atoms with Crippen molar-refractivity contribution in [3.63, 3.8) is 0 Å². The van der Waals surface area contributed by atoms with Crippen molar-refractivity contribution in [3.05, 3.63) is 23.8 Å². The molecule has 1 aromatic carbocycles. The Morgan fingerprint density at radius 1 is 1.25 bits per heavy atom. The second kappa shape index (κ2) is 3.17. The Morgan fingerprint density at radius 2 is 1.94 bits per heavy atom. The van der Waals surface area contributed by atoms with Gasteiger partial charge >= 0.3 is 6.11 Å². The second-order valence-corrected chi connectivity index (χ2v) is 4.02. The number of benzene rings is 1. The van der Waals surface area contributed by atoms with Gasteiger partial charge in [-0.2, -0.15) is 8.78 Å². The van der Waals surface area contributed by atoms with Crippen LogP contribution in [-0.2, 0) is 0 Å². The number of carbonyl (C=O) groups is 1. The predicted molar refractivity (Wildman–Crippen MR) is 52.1 cm³/mol. The molecular formula is C11H10F2O3. The zero-order valence-electron chi connectivity index (χ0n) is 8.79. The number of rotatable bonds is 1. The highest BCUT2D eigenvalue weighted by Crippen LogP contribution is 2.46. The van der Waals surface area contributed by atoms with Gasteiger partial charge in [-0.3, -0.25) is 4.79 Å². The van der Waals surface area contributed by atoms with Gasteiger partial charge in [0, 0.05) is 0 Å². The Hall–Kier alpha value is -1.65. The van der Waals surface area contributed by atoms with Gasteiger partial charge in [-0.1, -0.05) is 6.07 Å². The number of hydrogen-bond donors (Lipinski definition) is 0. The highest BCUT2D eigenvalue weighted by Gasteiger charge is 2.55. The number of hydrogen-bond acceptors (Lipinski definition) is 3. The minimum atomic E-state index is -3.47. The SMILES string of the molecule is CC1(C)Oc2cccc(C=O)c2OC1(F)F. The summed E-state index contributed by atoms with van der Waals surface area (Å²) in [4.78, 5) is 10.7. The lowest BCUT2D eigenvalue weighted by molar-refractivity contribution is -0.281. The number of alkyl halides is 2.